The van der Waals surface area contributed by atoms with Crippen molar-refractivity contribution in [2.24, 2.45) is 0 Å². The molecular weight excluding hydrogens is 256 g/mol. The monoisotopic (exact) mass is 272 g/mol. The normalized spacial score (nSPS) is 14.0. The highest BCUT2D eigenvalue weighted by atomic mass is 35.5. The molecular formula is C12H17ClN2O3. The van der Waals surface area contributed by atoms with E-state index in [4.69, 9.17) is 16.3 Å². The molecule has 0 bridgehead atoms. The Morgan fingerprint density at radius 3 is 3.00 bits per heavy atom. The smallest absolute Gasteiger partial charge is 0.251 e. The molecule has 1 heterocycles. The second kappa shape index (κ2) is 6.68. The Morgan fingerprint density at radius 1 is 1.67 bits per heavy atom. The predicted molar refractivity (Wildman–Crippen MR) is 68.7 cm³/mol. The molecule has 0 saturated heterocycles. The van der Waals surface area contributed by atoms with Gasteiger partial charge in [0, 0.05) is 38.4 Å². The van der Waals surface area contributed by atoms with E-state index in [0.717, 1.165) is 0 Å². The largest absolute Gasteiger partial charge is 0.388 e. The van der Waals surface area contributed by atoms with Crippen molar-refractivity contribution in [3.63, 3.8) is 0 Å². The molecule has 1 unspecified atom stereocenters. The zero-order valence-corrected chi connectivity index (χ0v) is 11.2. The summed E-state index contributed by atoms with van der Waals surface area (Å²) in [4.78, 5) is 15.6. The molecule has 2 N–H and O–H groups in total. The van der Waals surface area contributed by atoms with Crippen molar-refractivity contribution in [2.75, 3.05) is 20.3 Å². The van der Waals surface area contributed by atoms with Gasteiger partial charge in [0.2, 0.25) is 0 Å². The highest BCUT2D eigenvalue weighted by molar-refractivity contribution is 6.29. The fraction of sp³-hybridized carbons (Fsp3) is 0.500. The van der Waals surface area contributed by atoms with Crippen LogP contribution >= 0.6 is 11.6 Å². The maximum atomic E-state index is 11.8. The highest BCUT2D eigenvalue weighted by Gasteiger charge is 2.21. The summed E-state index contributed by atoms with van der Waals surface area (Å²) < 4.78 is 4.89. The zero-order valence-electron chi connectivity index (χ0n) is 10.4. The van der Waals surface area contributed by atoms with Crippen molar-refractivity contribution in [1.82, 2.24) is 10.3 Å². The lowest BCUT2D eigenvalue weighted by Crippen LogP contribution is -2.41. The summed E-state index contributed by atoms with van der Waals surface area (Å²) in [6.45, 7) is 2.23. The number of aromatic nitrogens is 1. The second-order valence-electron chi connectivity index (χ2n) is 4.29. The van der Waals surface area contributed by atoms with Gasteiger partial charge in [-0.25, -0.2) is 4.98 Å². The Balaban J connectivity index is 2.50. The summed E-state index contributed by atoms with van der Waals surface area (Å²) >= 11 is 5.69. The summed E-state index contributed by atoms with van der Waals surface area (Å²) in [5.74, 6) is -0.294. The van der Waals surface area contributed by atoms with E-state index in [0.29, 0.717) is 18.6 Å². The minimum Gasteiger partial charge on any atom is -0.388 e. The molecule has 6 heteroatoms. The number of methoxy groups -OCH3 is 1. The molecule has 0 saturated carbocycles. The van der Waals surface area contributed by atoms with Crippen molar-refractivity contribution in [1.29, 1.82) is 0 Å². The molecule has 0 fully saturated rings. The van der Waals surface area contributed by atoms with Crippen LogP contribution in [0.5, 0.6) is 0 Å². The molecule has 100 valence electrons. The summed E-state index contributed by atoms with van der Waals surface area (Å²) in [6, 6.07) is 3.03. The van der Waals surface area contributed by atoms with Crippen LogP contribution in [-0.2, 0) is 4.74 Å². The van der Waals surface area contributed by atoms with Crippen LogP contribution < -0.4 is 5.32 Å². The number of pyridine rings is 1. The number of halogens is 1. The van der Waals surface area contributed by atoms with Crippen molar-refractivity contribution < 1.29 is 14.6 Å². The molecule has 18 heavy (non-hydrogen) atoms. The molecule has 5 nitrogen and oxygen atoms in total. The third kappa shape index (κ3) is 5.00. The number of carbonyl (C=O) groups excluding carboxylic acids is 1. The van der Waals surface area contributed by atoms with Crippen molar-refractivity contribution in [3.05, 3.63) is 29.0 Å². The van der Waals surface area contributed by atoms with E-state index in [-0.39, 0.29) is 17.6 Å². The summed E-state index contributed by atoms with van der Waals surface area (Å²) in [5, 5.41) is 12.9. The average molecular weight is 273 g/mol. The number of carbonyl (C=O) groups is 1. The van der Waals surface area contributed by atoms with Crippen LogP contribution in [0.15, 0.2) is 18.3 Å². The molecule has 1 aromatic heterocycles. The molecule has 0 aliphatic heterocycles. The Bertz CT molecular complexity index is 410. The van der Waals surface area contributed by atoms with Crippen LogP contribution in [0, 0.1) is 0 Å². The average Bonchev–Trinajstić information content (AvgIpc) is 2.34. The van der Waals surface area contributed by atoms with Gasteiger partial charge >= 0.3 is 0 Å². The summed E-state index contributed by atoms with van der Waals surface area (Å²) in [5.41, 5.74) is -0.583. The van der Waals surface area contributed by atoms with Gasteiger partial charge in [-0.15, -0.1) is 0 Å². The molecule has 1 aromatic rings. The predicted octanol–water partition coefficient (Wildman–Crippen LogP) is 1.25. The van der Waals surface area contributed by atoms with Crippen LogP contribution in [-0.4, -0.2) is 41.9 Å². The minimum absolute atomic E-state index is 0.148. The van der Waals surface area contributed by atoms with E-state index in [9.17, 15) is 9.90 Å². The van der Waals surface area contributed by atoms with Gasteiger partial charge in [-0.2, -0.15) is 0 Å². The van der Waals surface area contributed by atoms with E-state index in [1.165, 1.54) is 12.3 Å². The zero-order chi connectivity index (χ0) is 13.6. The molecule has 0 aromatic carbocycles. The van der Waals surface area contributed by atoms with Gasteiger partial charge in [-0.1, -0.05) is 11.6 Å². The molecule has 0 aliphatic carbocycles. The number of nitrogens with zero attached hydrogens (tertiary/aromatic N) is 1. The number of nitrogens with one attached hydrogen (secondary N) is 1. The van der Waals surface area contributed by atoms with E-state index in [2.05, 4.69) is 10.3 Å². The first-order valence-electron chi connectivity index (χ1n) is 5.56. The fourth-order valence-electron chi connectivity index (χ4n) is 1.33. The number of hydrogen-bond acceptors (Lipinski definition) is 4. The standard InChI is InChI=1S/C12H17ClN2O3/c1-12(17,4-6-18-2)8-15-11(16)9-3-5-14-10(13)7-9/h3,5,7,17H,4,6,8H2,1-2H3,(H,15,16). The van der Waals surface area contributed by atoms with Crippen LogP contribution in [0.2, 0.25) is 5.15 Å². The lowest BCUT2D eigenvalue weighted by Gasteiger charge is -2.23. The van der Waals surface area contributed by atoms with Gasteiger partial charge in [-0.3, -0.25) is 4.79 Å². The number of amides is 1. The summed E-state index contributed by atoms with van der Waals surface area (Å²) in [7, 11) is 1.56. The van der Waals surface area contributed by atoms with Crippen LogP contribution in [0.3, 0.4) is 0 Å². The Morgan fingerprint density at radius 2 is 2.39 bits per heavy atom. The second-order valence-corrected chi connectivity index (χ2v) is 4.68. The SMILES string of the molecule is COCCC(C)(O)CNC(=O)c1ccnc(Cl)c1. The van der Waals surface area contributed by atoms with Crippen LogP contribution in [0.4, 0.5) is 0 Å². The molecule has 1 amide bonds. The topological polar surface area (TPSA) is 71.5 Å². The van der Waals surface area contributed by atoms with Crippen LogP contribution in [0.1, 0.15) is 23.7 Å². The molecule has 0 radical (unpaired) electrons. The first kappa shape index (κ1) is 14.9. The van der Waals surface area contributed by atoms with E-state index in [1.54, 1.807) is 20.1 Å². The lowest BCUT2D eigenvalue weighted by atomic mass is 10.0. The molecule has 0 spiro atoms. The van der Waals surface area contributed by atoms with Crippen molar-refractivity contribution in [2.45, 2.75) is 18.9 Å². The van der Waals surface area contributed by atoms with Gasteiger partial charge < -0.3 is 15.2 Å². The third-order valence-electron chi connectivity index (χ3n) is 2.46. The van der Waals surface area contributed by atoms with E-state index < -0.39 is 5.60 Å². The molecule has 1 atom stereocenters. The maximum Gasteiger partial charge on any atom is 0.251 e. The van der Waals surface area contributed by atoms with Gasteiger partial charge in [0.25, 0.3) is 5.91 Å². The van der Waals surface area contributed by atoms with Crippen LogP contribution in [0.25, 0.3) is 0 Å². The van der Waals surface area contributed by atoms with Gasteiger partial charge in [0.15, 0.2) is 0 Å². The van der Waals surface area contributed by atoms with Gasteiger partial charge in [0.1, 0.15) is 5.15 Å². The quantitative estimate of drug-likeness (QED) is 0.765. The molecule has 1 rings (SSSR count). The summed E-state index contributed by atoms with van der Waals surface area (Å²) in [6.07, 6.45) is 1.90. The number of aliphatic hydroxyl groups is 1. The van der Waals surface area contributed by atoms with E-state index >= 15 is 0 Å². The number of ether oxygens (including phenoxy) is 1. The van der Waals surface area contributed by atoms with Gasteiger partial charge in [-0.05, 0) is 19.1 Å². The van der Waals surface area contributed by atoms with Crippen molar-refractivity contribution >= 4 is 17.5 Å². The first-order valence-corrected chi connectivity index (χ1v) is 5.93. The maximum absolute atomic E-state index is 11.8. The van der Waals surface area contributed by atoms with Crippen molar-refractivity contribution in [3.8, 4) is 0 Å². The highest BCUT2D eigenvalue weighted by Crippen LogP contribution is 2.10. The Hall–Kier alpha value is -1.17. The lowest BCUT2D eigenvalue weighted by molar-refractivity contribution is 0.0243. The Kier molecular flexibility index (Phi) is 5.53. The minimum atomic E-state index is -0.998. The fourth-order valence-corrected chi connectivity index (χ4v) is 1.50. The number of rotatable bonds is 6. The Labute approximate surface area is 111 Å². The number of hydrogen-bond donors (Lipinski definition) is 2. The third-order valence-corrected chi connectivity index (χ3v) is 2.67. The first-order chi connectivity index (χ1) is 8.44. The van der Waals surface area contributed by atoms with E-state index in [1.807, 2.05) is 0 Å². The van der Waals surface area contributed by atoms with Gasteiger partial charge in [0.05, 0.1) is 5.60 Å². The molecule has 0 aliphatic rings.